The summed E-state index contributed by atoms with van der Waals surface area (Å²) in [5.41, 5.74) is 0.502. The molecule has 1 rings (SSSR count). The molecule has 0 atom stereocenters. The van der Waals surface area contributed by atoms with Crippen molar-refractivity contribution in [3.63, 3.8) is 0 Å². The number of ether oxygens (including phenoxy) is 1. The van der Waals surface area contributed by atoms with E-state index in [9.17, 15) is 4.39 Å². The van der Waals surface area contributed by atoms with E-state index >= 15 is 0 Å². The molecule has 12 heavy (non-hydrogen) atoms. The van der Waals surface area contributed by atoms with Crippen LogP contribution in [0.4, 0.5) is 4.39 Å². The zero-order valence-corrected chi connectivity index (χ0v) is 7.17. The third-order valence-electron chi connectivity index (χ3n) is 1.62. The second-order valence-corrected chi connectivity index (χ2v) is 2.34. The van der Waals surface area contributed by atoms with E-state index in [0.29, 0.717) is 11.3 Å². The lowest BCUT2D eigenvalue weighted by molar-refractivity contribution is 0.412. The maximum atomic E-state index is 13.1. The van der Waals surface area contributed by atoms with Crippen molar-refractivity contribution >= 4 is 5.83 Å². The van der Waals surface area contributed by atoms with Crippen molar-refractivity contribution in [1.29, 1.82) is 0 Å². The monoisotopic (exact) mass is 166 g/mol. The van der Waals surface area contributed by atoms with Gasteiger partial charge in [-0.25, -0.2) is 4.39 Å². The van der Waals surface area contributed by atoms with Crippen LogP contribution in [0.15, 0.2) is 30.3 Å². The fourth-order valence-electron chi connectivity index (χ4n) is 0.997. The molecule has 64 valence electrons. The van der Waals surface area contributed by atoms with Gasteiger partial charge in [-0.15, -0.1) is 0 Å². The highest BCUT2D eigenvalue weighted by molar-refractivity contribution is 5.64. The van der Waals surface area contributed by atoms with Crippen LogP contribution in [-0.2, 0) is 0 Å². The van der Waals surface area contributed by atoms with Crippen LogP contribution in [0.25, 0.3) is 5.83 Å². The van der Waals surface area contributed by atoms with E-state index in [2.05, 4.69) is 0 Å². The molecule has 0 aliphatic rings. The number of methoxy groups -OCH3 is 1. The lowest BCUT2D eigenvalue weighted by atomic mass is 10.2. The zero-order chi connectivity index (χ0) is 8.97. The molecule has 1 aromatic rings. The van der Waals surface area contributed by atoms with Crippen LogP contribution < -0.4 is 4.74 Å². The summed E-state index contributed by atoms with van der Waals surface area (Å²) in [5, 5.41) is 0. The Morgan fingerprint density at radius 3 is 2.67 bits per heavy atom. The Morgan fingerprint density at radius 2 is 2.08 bits per heavy atom. The van der Waals surface area contributed by atoms with E-state index in [-0.39, 0.29) is 5.83 Å². The van der Waals surface area contributed by atoms with Gasteiger partial charge in [0.05, 0.1) is 12.7 Å². The number of halogens is 1. The highest BCUT2D eigenvalue weighted by atomic mass is 19.1. The molecule has 0 aliphatic carbocycles. The van der Waals surface area contributed by atoms with E-state index in [1.54, 1.807) is 25.1 Å². The van der Waals surface area contributed by atoms with Crippen molar-refractivity contribution in [2.24, 2.45) is 0 Å². The van der Waals surface area contributed by atoms with Crippen LogP contribution in [0, 0.1) is 0 Å². The second-order valence-electron chi connectivity index (χ2n) is 2.34. The van der Waals surface area contributed by atoms with Gasteiger partial charge in [0.25, 0.3) is 0 Å². The van der Waals surface area contributed by atoms with Crippen molar-refractivity contribution in [3.8, 4) is 5.75 Å². The van der Waals surface area contributed by atoms with Crippen molar-refractivity contribution in [3.05, 3.63) is 35.9 Å². The van der Waals surface area contributed by atoms with Crippen molar-refractivity contribution in [1.82, 2.24) is 0 Å². The van der Waals surface area contributed by atoms with Crippen molar-refractivity contribution in [2.75, 3.05) is 7.11 Å². The van der Waals surface area contributed by atoms with E-state index in [0.717, 1.165) is 0 Å². The number of benzene rings is 1. The minimum Gasteiger partial charge on any atom is -0.496 e. The summed E-state index contributed by atoms with van der Waals surface area (Å²) in [6, 6.07) is 7.01. The predicted octanol–water partition coefficient (Wildman–Crippen LogP) is 3.03. The Labute approximate surface area is 71.5 Å². The summed E-state index contributed by atoms with van der Waals surface area (Å²) < 4.78 is 18.1. The molecule has 1 nitrogen and oxygen atoms in total. The lowest BCUT2D eigenvalue weighted by Crippen LogP contribution is -1.87. The molecule has 1 aromatic carbocycles. The van der Waals surface area contributed by atoms with Gasteiger partial charge in [0.1, 0.15) is 11.6 Å². The third-order valence-corrected chi connectivity index (χ3v) is 1.62. The first kappa shape index (κ1) is 8.78. The lowest BCUT2D eigenvalue weighted by Gasteiger charge is -2.04. The Morgan fingerprint density at radius 1 is 1.42 bits per heavy atom. The average Bonchev–Trinajstić information content (AvgIpc) is 2.16. The number of hydrogen-bond acceptors (Lipinski definition) is 1. The van der Waals surface area contributed by atoms with Gasteiger partial charge in [0.15, 0.2) is 0 Å². The highest BCUT2D eigenvalue weighted by Gasteiger charge is 2.04. The first-order valence-electron chi connectivity index (χ1n) is 3.74. The molecule has 0 saturated heterocycles. The van der Waals surface area contributed by atoms with E-state index < -0.39 is 0 Å². The van der Waals surface area contributed by atoms with E-state index in [1.165, 1.54) is 13.2 Å². The molecule has 0 radical (unpaired) electrons. The summed E-state index contributed by atoms with van der Waals surface area (Å²) in [6.07, 6.45) is 1.41. The SMILES string of the molecule is CC=C(F)c1ccccc1OC. The average molecular weight is 166 g/mol. The number of allylic oxidation sites excluding steroid dienone is 1. The van der Waals surface area contributed by atoms with Crippen LogP contribution in [-0.4, -0.2) is 7.11 Å². The molecule has 2 heteroatoms. The van der Waals surface area contributed by atoms with Crippen molar-refractivity contribution in [2.45, 2.75) is 6.92 Å². The molecule has 0 unspecified atom stereocenters. The predicted molar refractivity (Wildman–Crippen MR) is 47.8 cm³/mol. The summed E-state index contributed by atoms with van der Waals surface area (Å²) in [7, 11) is 1.53. The molecule has 0 N–H and O–H groups in total. The van der Waals surface area contributed by atoms with Gasteiger partial charge in [-0.3, -0.25) is 0 Å². The molecule has 0 spiro atoms. The fourth-order valence-corrected chi connectivity index (χ4v) is 0.997. The largest absolute Gasteiger partial charge is 0.496 e. The molecule has 0 aromatic heterocycles. The Kier molecular flexibility index (Phi) is 2.86. The van der Waals surface area contributed by atoms with E-state index in [4.69, 9.17) is 4.74 Å². The molecular formula is C10H11FO. The van der Waals surface area contributed by atoms with Gasteiger partial charge in [-0.05, 0) is 19.1 Å². The van der Waals surface area contributed by atoms with Gasteiger partial charge in [-0.2, -0.15) is 0 Å². The summed E-state index contributed by atoms with van der Waals surface area (Å²) in [5.74, 6) is 0.306. The minimum atomic E-state index is -0.257. The summed E-state index contributed by atoms with van der Waals surface area (Å²) >= 11 is 0. The first-order valence-corrected chi connectivity index (χ1v) is 3.74. The van der Waals surface area contributed by atoms with Gasteiger partial charge in [0, 0.05) is 0 Å². The molecule has 0 heterocycles. The smallest absolute Gasteiger partial charge is 0.129 e. The van der Waals surface area contributed by atoms with Gasteiger partial charge >= 0.3 is 0 Å². The van der Waals surface area contributed by atoms with Gasteiger partial charge < -0.3 is 4.74 Å². The molecule has 0 fully saturated rings. The Balaban J connectivity index is 3.13. The first-order chi connectivity index (χ1) is 5.79. The van der Waals surface area contributed by atoms with Crippen LogP contribution in [0.1, 0.15) is 12.5 Å². The minimum absolute atomic E-state index is 0.257. The quantitative estimate of drug-likeness (QED) is 0.656. The zero-order valence-electron chi connectivity index (χ0n) is 7.17. The summed E-state index contributed by atoms with van der Waals surface area (Å²) in [6.45, 7) is 1.65. The van der Waals surface area contributed by atoms with E-state index in [1.807, 2.05) is 6.07 Å². The molecular weight excluding hydrogens is 155 g/mol. The third kappa shape index (κ3) is 1.64. The maximum absolute atomic E-state index is 13.1. The van der Waals surface area contributed by atoms with Crippen LogP contribution in [0.3, 0.4) is 0 Å². The second kappa shape index (κ2) is 3.90. The van der Waals surface area contributed by atoms with Gasteiger partial charge in [-0.1, -0.05) is 18.2 Å². The number of para-hydroxylation sites is 1. The Hall–Kier alpha value is -1.31. The highest BCUT2D eigenvalue weighted by Crippen LogP contribution is 2.25. The Bertz CT molecular complexity index is 292. The molecule has 0 amide bonds. The molecule has 0 aliphatic heterocycles. The topological polar surface area (TPSA) is 9.23 Å². The molecule has 0 saturated carbocycles. The normalized spacial score (nSPS) is 11.4. The number of hydrogen-bond donors (Lipinski definition) is 0. The fraction of sp³-hybridized carbons (Fsp3) is 0.200. The standard InChI is InChI=1S/C10H11FO/c1-3-9(11)8-6-4-5-7-10(8)12-2/h3-7H,1-2H3. The van der Waals surface area contributed by atoms with Crippen LogP contribution >= 0.6 is 0 Å². The summed E-state index contributed by atoms with van der Waals surface area (Å²) in [4.78, 5) is 0. The van der Waals surface area contributed by atoms with Crippen LogP contribution in [0.2, 0.25) is 0 Å². The van der Waals surface area contributed by atoms with Gasteiger partial charge in [0.2, 0.25) is 0 Å². The number of rotatable bonds is 2. The molecule has 0 bridgehead atoms. The van der Waals surface area contributed by atoms with Crippen molar-refractivity contribution < 1.29 is 9.13 Å². The maximum Gasteiger partial charge on any atom is 0.129 e. The van der Waals surface area contributed by atoms with Crippen LogP contribution in [0.5, 0.6) is 5.75 Å².